The van der Waals surface area contributed by atoms with Crippen LogP contribution in [0.5, 0.6) is 0 Å². The third kappa shape index (κ3) is 4.20. The first kappa shape index (κ1) is 20.3. The van der Waals surface area contributed by atoms with Crippen LogP contribution in [-0.4, -0.2) is 44.1 Å². The van der Waals surface area contributed by atoms with E-state index in [1.165, 1.54) is 30.5 Å². The van der Waals surface area contributed by atoms with Crippen LogP contribution >= 0.6 is 11.6 Å². The molecule has 2 heterocycles. The molecule has 150 valence electrons. The third-order valence-electron chi connectivity index (χ3n) is 4.58. The number of rotatable bonds is 5. The largest absolute Gasteiger partial charge is 0.466 e. The van der Waals surface area contributed by atoms with Crippen molar-refractivity contribution in [2.75, 3.05) is 30.3 Å². The zero-order chi connectivity index (χ0) is 20.3. The lowest BCUT2D eigenvalue weighted by molar-refractivity contribution is -0.148. The van der Waals surface area contributed by atoms with Gasteiger partial charge >= 0.3 is 5.97 Å². The number of anilines is 2. The van der Waals surface area contributed by atoms with Crippen molar-refractivity contribution in [1.29, 1.82) is 0 Å². The first-order valence-electron chi connectivity index (χ1n) is 8.87. The van der Waals surface area contributed by atoms with Crippen LogP contribution in [0.3, 0.4) is 0 Å². The minimum Gasteiger partial charge on any atom is -0.466 e. The lowest BCUT2D eigenvalue weighted by Crippen LogP contribution is -2.38. The number of hydrogen-bond acceptors (Lipinski definition) is 8. The quantitative estimate of drug-likeness (QED) is 0.727. The van der Waals surface area contributed by atoms with E-state index in [2.05, 4.69) is 9.97 Å². The molecule has 28 heavy (non-hydrogen) atoms. The SMILES string of the molecule is CCOC(=O)C1CCN(c2ncc(S(=O)(=O)c3ccc(Cl)cc3)c(N)n2)CC1. The minimum atomic E-state index is -3.85. The Labute approximate surface area is 168 Å². The van der Waals surface area contributed by atoms with Gasteiger partial charge in [-0.3, -0.25) is 4.79 Å². The Kier molecular flexibility index (Phi) is 6.04. The van der Waals surface area contributed by atoms with Gasteiger partial charge in [-0.05, 0) is 44.0 Å². The molecule has 0 amide bonds. The molecule has 1 aromatic heterocycles. The van der Waals surface area contributed by atoms with Gasteiger partial charge in [0.1, 0.15) is 10.7 Å². The van der Waals surface area contributed by atoms with Crippen molar-refractivity contribution in [2.45, 2.75) is 29.6 Å². The number of benzene rings is 1. The molecular weight excluding hydrogens is 404 g/mol. The van der Waals surface area contributed by atoms with Crippen molar-refractivity contribution in [3.05, 3.63) is 35.5 Å². The number of carbonyl (C=O) groups excluding carboxylic acids is 1. The highest BCUT2D eigenvalue weighted by Gasteiger charge is 2.28. The molecule has 0 radical (unpaired) electrons. The van der Waals surface area contributed by atoms with Crippen LogP contribution in [0.25, 0.3) is 0 Å². The molecule has 2 N–H and O–H groups in total. The Morgan fingerprint density at radius 2 is 1.93 bits per heavy atom. The number of nitrogens with two attached hydrogens (primary N) is 1. The Morgan fingerprint density at radius 3 is 2.50 bits per heavy atom. The minimum absolute atomic E-state index is 0.0650. The number of halogens is 1. The summed E-state index contributed by atoms with van der Waals surface area (Å²) in [6.45, 7) is 3.27. The molecule has 3 rings (SSSR count). The molecule has 0 spiro atoms. The zero-order valence-corrected chi connectivity index (χ0v) is 16.9. The Bertz CT molecular complexity index is 958. The number of hydrogen-bond donors (Lipinski definition) is 1. The summed E-state index contributed by atoms with van der Waals surface area (Å²) < 4.78 is 30.6. The molecule has 1 saturated heterocycles. The van der Waals surface area contributed by atoms with Gasteiger partial charge in [0.05, 0.1) is 23.6 Å². The Balaban J connectivity index is 1.76. The van der Waals surface area contributed by atoms with Crippen molar-refractivity contribution in [2.24, 2.45) is 5.92 Å². The van der Waals surface area contributed by atoms with Crippen LogP contribution in [0.15, 0.2) is 40.3 Å². The van der Waals surface area contributed by atoms with Crippen LogP contribution in [0.1, 0.15) is 19.8 Å². The monoisotopic (exact) mass is 424 g/mol. The second-order valence-electron chi connectivity index (χ2n) is 6.39. The maximum atomic E-state index is 12.8. The highest BCUT2D eigenvalue weighted by molar-refractivity contribution is 7.91. The fourth-order valence-electron chi connectivity index (χ4n) is 3.05. The predicted octanol–water partition coefficient (Wildman–Crippen LogP) is 2.32. The maximum Gasteiger partial charge on any atom is 0.309 e. The van der Waals surface area contributed by atoms with Gasteiger partial charge in [-0.1, -0.05) is 11.6 Å². The summed E-state index contributed by atoms with van der Waals surface area (Å²) in [7, 11) is -3.85. The van der Waals surface area contributed by atoms with E-state index in [-0.39, 0.29) is 27.5 Å². The van der Waals surface area contributed by atoms with Crippen LogP contribution in [0.4, 0.5) is 11.8 Å². The van der Waals surface area contributed by atoms with E-state index in [0.29, 0.717) is 43.5 Å². The molecule has 1 fully saturated rings. The number of nitrogen functional groups attached to an aromatic ring is 1. The van der Waals surface area contributed by atoms with Gasteiger partial charge in [0.25, 0.3) is 0 Å². The topological polar surface area (TPSA) is 115 Å². The molecule has 0 unspecified atom stereocenters. The predicted molar refractivity (Wildman–Crippen MR) is 105 cm³/mol. The maximum absolute atomic E-state index is 12.8. The van der Waals surface area contributed by atoms with E-state index in [1.807, 2.05) is 4.90 Å². The summed E-state index contributed by atoms with van der Waals surface area (Å²) in [5.74, 6) is -0.104. The second-order valence-corrected chi connectivity index (χ2v) is 8.74. The lowest BCUT2D eigenvalue weighted by Gasteiger charge is -2.30. The van der Waals surface area contributed by atoms with Crippen molar-refractivity contribution in [3.63, 3.8) is 0 Å². The second kappa shape index (κ2) is 8.32. The Hall–Kier alpha value is -2.39. The van der Waals surface area contributed by atoms with E-state index < -0.39 is 9.84 Å². The van der Waals surface area contributed by atoms with Gasteiger partial charge < -0.3 is 15.4 Å². The molecule has 0 saturated carbocycles. The first-order chi connectivity index (χ1) is 13.3. The first-order valence-corrected chi connectivity index (χ1v) is 10.7. The summed E-state index contributed by atoms with van der Waals surface area (Å²) >= 11 is 5.81. The van der Waals surface area contributed by atoms with E-state index in [4.69, 9.17) is 22.1 Å². The standard InChI is InChI=1S/C18H21ClN4O4S/c1-2-27-17(24)12-7-9-23(10-8-12)18-21-11-15(16(20)22-18)28(25,26)14-5-3-13(19)4-6-14/h3-6,11-12H,2,7-10H2,1H3,(H2,20,21,22). The number of aromatic nitrogens is 2. The summed E-state index contributed by atoms with van der Waals surface area (Å²) in [6.07, 6.45) is 2.46. The molecule has 1 aliphatic heterocycles. The van der Waals surface area contributed by atoms with Gasteiger partial charge in [-0.2, -0.15) is 4.98 Å². The van der Waals surface area contributed by atoms with E-state index in [0.717, 1.165) is 0 Å². The summed E-state index contributed by atoms with van der Waals surface area (Å²) in [6, 6.07) is 5.80. The van der Waals surface area contributed by atoms with E-state index >= 15 is 0 Å². The molecule has 0 atom stereocenters. The fraction of sp³-hybridized carbons (Fsp3) is 0.389. The van der Waals surface area contributed by atoms with Crippen molar-refractivity contribution in [3.8, 4) is 0 Å². The molecule has 10 heteroatoms. The normalized spacial score (nSPS) is 15.4. The average Bonchev–Trinajstić information content (AvgIpc) is 2.68. The zero-order valence-electron chi connectivity index (χ0n) is 15.3. The Morgan fingerprint density at radius 1 is 1.29 bits per heavy atom. The molecule has 0 bridgehead atoms. The molecule has 0 aliphatic carbocycles. The number of carbonyl (C=O) groups is 1. The highest BCUT2D eigenvalue weighted by Crippen LogP contribution is 2.28. The van der Waals surface area contributed by atoms with Gasteiger partial charge in [0.15, 0.2) is 0 Å². The van der Waals surface area contributed by atoms with Crippen LogP contribution in [0, 0.1) is 5.92 Å². The molecule has 8 nitrogen and oxygen atoms in total. The third-order valence-corrected chi connectivity index (χ3v) is 6.62. The van der Waals surface area contributed by atoms with Crippen molar-refractivity contribution >= 4 is 39.2 Å². The number of sulfone groups is 1. The molecule has 2 aromatic rings. The van der Waals surface area contributed by atoms with Crippen LogP contribution in [-0.2, 0) is 19.4 Å². The van der Waals surface area contributed by atoms with Crippen LogP contribution < -0.4 is 10.6 Å². The van der Waals surface area contributed by atoms with Crippen LogP contribution in [0.2, 0.25) is 5.02 Å². The summed E-state index contributed by atoms with van der Waals surface area (Å²) in [5.41, 5.74) is 5.94. The van der Waals surface area contributed by atoms with Gasteiger partial charge in [0, 0.05) is 18.1 Å². The van der Waals surface area contributed by atoms with Crippen molar-refractivity contribution < 1.29 is 17.9 Å². The highest BCUT2D eigenvalue weighted by atomic mass is 35.5. The van der Waals surface area contributed by atoms with Gasteiger partial charge in [-0.15, -0.1) is 0 Å². The van der Waals surface area contributed by atoms with E-state index in [9.17, 15) is 13.2 Å². The summed E-state index contributed by atoms with van der Waals surface area (Å²) in [5, 5.41) is 0.435. The fourth-order valence-corrected chi connectivity index (χ4v) is 4.44. The molecule has 1 aromatic carbocycles. The lowest BCUT2D eigenvalue weighted by atomic mass is 9.97. The number of nitrogens with zero attached hydrogens (tertiary/aromatic N) is 3. The number of esters is 1. The molecule has 1 aliphatic rings. The summed E-state index contributed by atoms with van der Waals surface area (Å²) in [4.78, 5) is 22.0. The number of piperidine rings is 1. The number of ether oxygens (including phenoxy) is 1. The van der Waals surface area contributed by atoms with Crippen molar-refractivity contribution in [1.82, 2.24) is 9.97 Å². The average molecular weight is 425 g/mol. The van der Waals surface area contributed by atoms with E-state index in [1.54, 1.807) is 6.92 Å². The van der Waals surface area contributed by atoms with Gasteiger partial charge in [0.2, 0.25) is 15.8 Å². The smallest absolute Gasteiger partial charge is 0.309 e. The van der Waals surface area contributed by atoms with Gasteiger partial charge in [-0.25, -0.2) is 13.4 Å². The molecular formula is C18H21ClN4O4S.